The van der Waals surface area contributed by atoms with E-state index >= 15 is 0 Å². The van der Waals surface area contributed by atoms with E-state index in [-0.39, 0.29) is 25.6 Å². The maximum Gasteiger partial charge on any atom is 0.472 e. The lowest BCUT2D eigenvalue weighted by molar-refractivity contribution is -0.870. The summed E-state index contributed by atoms with van der Waals surface area (Å²) in [5.74, 6) is -0.761. The van der Waals surface area contributed by atoms with Gasteiger partial charge in [0.05, 0.1) is 27.7 Å². The molecule has 9 nitrogen and oxygen atoms in total. The lowest BCUT2D eigenvalue weighted by Gasteiger charge is -2.24. The highest BCUT2D eigenvalue weighted by Gasteiger charge is 2.27. The van der Waals surface area contributed by atoms with Gasteiger partial charge in [-0.05, 0) is 12.8 Å². The minimum absolute atomic E-state index is 0.0380. The van der Waals surface area contributed by atoms with E-state index in [0.29, 0.717) is 17.4 Å². The molecule has 2 unspecified atom stereocenters. The third-order valence-corrected chi connectivity index (χ3v) is 22.9. The first-order valence-corrected chi connectivity index (χ1v) is 47.8. The van der Waals surface area contributed by atoms with Crippen molar-refractivity contribution in [3.05, 3.63) is 0 Å². The second kappa shape index (κ2) is 83.1. The topological polar surface area (TPSA) is 108 Å². The molecule has 0 aliphatic carbocycles. The zero-order valence-corrected chi connectivity index (χ0v) is 70.4. The fraction of sp³-hybridized carbons (Fsp3) is 0.978. The van der Waals surface area contributed by atoms with Gasteiger partial charge in [-0.3, -0.25) is 18.6 Å². The van der Waals surface area contributed by atoms with Crippen molar-refractivity contribution in [2.75, 3.05) is 47.5 Å². The average Bonchev–Trinajstić information content (AvgIpc) is 1.02. The maximum absolute atomic E-state index is 13.0. The van der Waals surface area contributed by atoms with E-state index in [9.17, 15) is 19.0 Å². The molecule has 2 atom stereocenters. The number of rotatable bonds is 89. The summed E-state index contributed by atoms with van der Waals surface area (Å²) in [6.45, 7) is 4.56. The number of hydrogen-bond donors (Lipinski definition) is 1. The minimum Gasteiger partial charge on any atom is -0.462 e. The van der Waals surface area contributed by atoms with Gasteiger partial charge < -0.3 is 18.9 Å². The van der Waals surface area contributed by atoms with Crippen LogP contribution >= 0.6 is 7.82 Å². The number of unbranched alkanes of at least 4 members (excludes halogenated alkanes) is 75. The van der Waals surface area contributed by atoms with Crippen molar-refractivity contribution in [3.63, 3.8) is 0 Å². The number of quaternary nitrogens is 1. The number of ether oxygens (including phenoxy) is 2. The highest BCUT2D eigenvalue weighted by molar-refractivity contribution is 7.47. The molecule has 0 radical (unpaired) electrons. The van der Waals surface area contributed by atoms with Crippen molar-refractivity contribution >= 4 is 19.8 Å². The van der Waals surface area contributed by atoms with Gasteiger partial charge >= 0.3 is 19.8 Å². The van der Waals surface area contributed by atoms with Crippen molar-refractivity contribution in [2.45, 2.75) is 527 Å². The number of esters is 2. The summed E-state index contributed by atoms with van der Waals surface area (Å²) in [5.41, 5.74) is 0. The van der Waals surface area contributed by atoms with Gasteiger partial charge in [0, 0.05) is 12.8 Å². The lowest BCUT2D eigenvalue weighted by atomic mass is 10.0. The number of carbonyl (C=O) groups is 2. The van der Waals surface area contributed by atoms with Crippen LogP contribution in [0.5, 0.6) is 0 Å². The highest BCUT2D eigenvalue weighted by atomic mass is 31.2. The Kier molecular flexibility index (Phi) is 82.2. The monoisotopic (exact) mass is 1450 g/mol. The van der Waals surface area contributed by atoms with E-state index in [2.05, 4.69) is 13.8 Å². The van der Waals surface area contributed by atoms with Crippen molar-refractivity contribution in [2.24, 2.45) is 0 Å². The fourth-order valence-electron chi connectivity index (χ4n) is 14.9. The van der Waals surface area contributed by atoms with Crippen molar-refractivity contribution in [1.82, 2.24) is 0 Å². The van der Waals surface area contributed by atoms with Gasteiger partial charge in [0.1, 0.15) is 19.8 Å². The first-order valence-electron chi connectivity index (χ1n) is 46.3. The fourth-order valence-corrected chi connectivity index (χ4v) is 15.6. The zero-order valence-electron chi connectivity index (χ0n) is 69.5. The normalized spacial score (nSPS) is 12.8. The predicted molar refractivity (Wildman–Crippen MR) is 442 cm³/mol. The molecule has 10 heteroatoms. The summed E-state index contributed by atoms with van der Waals surface area (Å²) < 4.78 is 34.9. The van der Waals surface area contributed by atoms with Crippen LogP contribution in [0.2, 0.25) is 0 Å². The molecular formula is C91H183NO8P+. The molecule has 101 heavy (non-hydrogen) atoms. The average molecular weight is 1450 g/mol. The van der Waals surface area contributed by atoms with Gasteiger partial charge in [0.25, 0.3) is 0 Å². The smallest absolute Gasteiger partial charge is 0.462 e. The predicted octanol–water partition coefficient (Wildman–Crippen LogP) is 31.1. The molecule has 0 aromatic rings. The van der Waals surface area contributed by atoms with Crippen LogP contribution in [0.4, 0.5) is 0 Å². The SMILES string of the molecule is CCCCCCCCCCCCCCCCCCCCCCCCCCCCCCCCCCCCCCCCCCCC(=O)OC(COC(=O)CCCCCCCCCCCCCCCCCCCCCCCCCCCCCCCCCCCCCC)COP(=O)(O)OCC[N+](C)(C)C. The molecule has 0 fully saturated rings. The van der Waals surface area contributed by atoms with Crippen LogP contribution in [-0.4, -0.2) is 74.9 Å². The molecule has 0 amide bonds. The third kappa shape index (κ3) is 87.8. The van der Waals surface area contributed by atoms with Gasteiger partial charge in [-0.15, -0.1) is 0 Å². The van der Waals surface area contributed by atoms with Crippen molar-refractivity contribution in [1.29, 1.82) is 0 Å². The first-order chi connectivity index (χ1) is 49.5. The van der Waals surface area contributed by atoms with Crippen LogP contribution in [0.3, 0.4) is 0 Å². The molecule has 0 aromatic heterocycles. The van der Waals surface area contributed by atoms with E-state index in [4.69, 9.17) is 18.5 Å². The van der Waals surface area contributed by atoms with E-state index in [0.717, 1.165) is 38.5 Å². The Labute approximate surface area is 633 Å². The molecule has 1 N–H and O–H groups in total. The highest BCUT2D eigenvalue weighted by Crippen LogP contribution is 2.43. The summed E-state index contributed by atoms with van der Waals surface area (Å²) in [6.07, 6.45) is 106. The quantitative estimate of drug-likeness (QED) is 0.0278. The minimum atomic E-state index is -4.39. The summed E-state index contributed by atoms with van der Waals surface area (Å²) >= 11 is 0. The lowest BCUT2D eigenvalue weighted by Crippen LogP contribution is -2.37. The molecule has 604 valence electrons. The Bertz CT molecular complexity index is 1660. The molecule has 0 spiro atoms. The molecular weight excluding hydrogens is 1270 g/mol. The van der Waals surface area contributed by atoms with E-state index < -0.39 is 26.5 Å². The van der Waals surface area contributed by atoms with E-state index in [1.807, 2.05) is 21.1 Å². The molecule has 0 saturated heterocycles. The Morgan fingerprint density at radius 2 is 0.446 bits per heavy atom. The Morgan fingerprint density at radius 1 is 0.267 bits per heavy atom. The van der Waals surface area contributed by atoms with Gasteiger partial charge in [0.2, 0.25) is 0 Å². The molecule has 0 heterocycles. The molecule has 0 aromatic carbocycles. The molecule has 0 rings (SSSR count). The second-order valence-corrected chi connectivity index (χ2v) is 34.9. The van der Waals surface area contributed by atoms with Crippen LogP contribution in [0.25, 0.3) is 0 Å². The van der Waals surface area contributed by atoms with Gasteiger partial charge in [-0.2, -0.15) is 0 Å². The van der Waals surface area contributed by atoms with E-state index in [1.54, 1.807) is 0 Å². The number of nitrogens with zero attached hydrogens (tertiary/aromatic N) is 1. The number of phosphoric acid groups is 1. The van der Waals surface area contributed by atoms with Gasteiger partial charge in [0.15, 0.2) is 6.10 Å². The van der Waals surface area contributed by atoms with Gasteiger partial charge in [-0.1, -0.05) is 495 Å². The van der Waals surface area contributed by atoms with Crippen LogP contribution in [-0.2, 0) is 32.7 Å². The number of carbonyl (C=O) groups excluding carboxylic acids is 2. The number of phosphoric ester groups is 1. The summed E-state index contributed by atoms with van der Waals surface area (Å²) in [7, 11) is 1.52. The van der Waals surface area contributed by atoms with Crippen LogP contribution in [0.1, 0.15) is 521 Å². The van der Waals surface area contributed by atoms with Crippen molar-refractivity contribution in [3.8, 4) is 0 Å². The number of hydrogen-bond acceptors (Lipinski definition) is 7. The maximum atomic E-state index is 13.0. The largest absolute Gasteiger partial charge is 0.472 e. The molecule has 0 aliphatic rings. The summed E-state index contributed by atoms with van der Waals surface area (Å²) in [5, 5.41) is 0. The standard InChI is InChI=1S/C91H182NO8P/c1-6-8-10-12-14-16-18-20-22-24-26-28-30-32-34-36-38-40-42-44-45-46-47-48-50-52-54-56-58-60-62-64-66-68-70-72-74-76-78-80-82-84-91(94)100-89(88-99-101(95,96)98-86-85-92(3,4)5)87-97-90(93)83-81-79-77-75-73-71-69-67-65-63-61-59-57-55-53-51-49-43-41-39-37-35-33-31-29-27-25-23-21-19-17-15-13-11-9-7-2/h89H,6-88H2,1-5H3/p+1. The molecule has 0 saturated carbocycles. The summed E-state index contributed by atoms with van der Waals surface area (Å²) in [6, 6.07) is 0. The van der Waals surface area contributed by atoms with Crippen LogP contribution in [0.15, 0.2) is 0 Å². The van der Waals surface area contributed by atoms with Gasteiger partial charge in [-0.25, -0.2) is 4.57 Å². The zero-order chi connectivity index (χ0) is 73.3. The van der Waals surface area contributed by atoms with Crippen LogP contribution in [0, 0.1) is 0 Å². The summed E-state index contributed by atoms with van der Waals surface area (Å²) in [4.78, 5) is 36.1. The first kappa shape index (κ1) is 100. The Morgan fingerprint density at radius 3 is 0.634 bits per heavy atom. The van der Waals surface area contributed by atoms with Crippen molar-refractivity contribution < 1.29 is 42.1 Å². The number of likely N-dealkylation sites (N-methyl/N-ethyl adjacent to an activating group) is 1. The molecule has 0 aliphatic heterocycles. The Balaban J connectivity index is 3.80. The molecule has 0 bridgehead atoms. The Hall–Kier alpha value is -0.990. The van der Waals surface area contributed by atoms with Crippen LogP contribution < -0.4 is 0 Å². The third-order valence-electron chi connectivity index (χ3n) is 21.9. The second-order valence-electron chi connectivity index (χ2n) is 33.4. The van der Waals surface area contributed by atoms with E-state index in [1.165, 1.54) is 456 Å².